The van der Waals surface area contributed by atoms with E-state index in [9.17, 15) is 0 Å². The van der Waals surface area contributed by atoms with Crippen LogP contribution < -0.4 is 0 Å². The summed E-state index contributed by atoms with van der Waals surface area (Å²) in [5.41, 5.74) is 3.63. The number of benzene rings is 2. The van der Waals surface area contributed by atoms with Gasteiger partial charge in [-0.15, -0.1) is 0 Å². The van der Waals surface area contributed by atoms with Gasteiger partial charge >= 0.3 is 0 Å². The molecule has 0 bridgehead atoms. The van der Waals surface area contributed by atoms with Crippen LogP contribution in [-0.2, 0) is 0 Å². The Labute approximate surface area is 124 Å². The molecule has 0 aliphatic carbocycles. The van der Waals surface area contributed by atoms with Crippen molar-refractivity contribution in [3.63, 3.8) is 0 Å². The minimum Gasteiger partial charge on any atom is -0.274 e. The van der Waals surface area contributed by atoms with Crippen molar-refractivity contribution in [2.24, 2.45) is 0 Å². The maximum absolute atomic E-state index is 5.48. The molecule has 0 saturated heterocycles. The topological polar surface area (TPSA) is 30.7 Å². The first-order valence-electron chi connectivity index (χ1n) is 6.17. The Kier molecular flexibility index (Phi) is 2.61. The minimum atomic E-state index is 0.765. The average molecular weight is 295 g/mol. The van der Waals surface area contributed by atoms with Crippen LogP contribution in [0, 0.1) is 3.95 Å². The Morgan fingerprint density at radius 3 is 2.25 bits per heavy atom. The molecule has 0 saturated carbocycles. The van der Waals surface area contributed by atoms with Gasteiger partial charge in [0.1, 0.15) is 0 Å². The van der Waals surface area contributed by atoms with Gasteiger partial charge in [0.05, 0.1) is 11.0 Å². The fourth-order valence-electron chi connectivity index (χ4n) is 2.21. The lowest BCUT2D eigenvalue weighted by Crippen LogP contribution is -1.96. The zero-order chi connectivity index (χ0) is 13.5. The molecular formula is C15H9N3S2. The van der Waals surface area contributed by atoms with Crippen molar-refractivity contribution >= 4 is 45.1 Å². The normalized spacial score (nSPS) is 11.2. The molecule has 0 amide bonds. The number of hydrogen-bond donors (Lipinski definition) is 0. The highest BCUT2D eigenvalue weighted by molar-refractivity contribution is 7.73. The van der Waals surface area contributed by atoms with Crippen LogP contribution >= 0.6 is 23.6 Å². The van der Waals surface area contributed by atoms with E-state index in [0.717, 1.165) is 31.2 Å². The maximum atomic E-state index is 5.48. The molecule has 2 aromatic heterocycles. The van der Waals surface area contributed by atoms with E-state index in [1.54, 1.807) is 0 Å². The Bertz CT molecular complexity index is 971. The van der Waals surface area contributed by atoms with Crippen molar-refractivity contribution < 1.29 is 0 Å². The molecule has 3 nitrogen and oxygen atoms in total. The lowest BCUT2D eigenvalue weighted by atomic mass is 10.3. The largest absolute Gasteiger partial charge is 0.274 e. The highest BCUT2D eigenvalue weighted by Crippen LogP contribution is 2.25. The molecule has 0 aliphatic rings. The van der Waals surface area contributed by atoms with Crippen LogP contribution in [0.3, 0.4) is 0 Å². The average Bonchev–Trinajstić information content (AvgIpc) is 2.80. The first-order chi connectivity index (χ1) is 9.83. The maximum Gasteiger partial charge on any atom is 0.176 e. The van der Waals surface area contributed by atoms with E-state index in [4.69, 9.17) is 17.2 Å². The number of rotatable bonds is 1. The van der Waals surface area contributed by atoms with Crippen LogP contribution in [0.25, 0.3) is 27.2 Å². The molecule has 20 heavy (non-hydrogen) atoms. The Hall–Kier alpha value is -2.11. The second-order valence-corrected chi connectivity index (χ2v) is 6.00. The molecule has 4 aromatic rings. The van der Waals surface area contributed by atoms with E-state index in [0.29, 0.717) is 0 Å². The predicted molar refractivity (Wildman–Crippen MR) is 85.1 cm³/mol. The summed E-state index contributed by atoms with van der Waals surface area (Å²) < 4.78 is 2.75. The van der Waals surface area contributed by atoms with Crippen molar-refractivity contribution in [3.05, 3.63) is 58.6 Å². The van der Waals surface area contributed by atoms with Gasteiger partial charge in [-0.05, 0) is 36.5 Å². The van der Waals surface area contributed by atoms with Crippen LogP contribution in [0.2, 0.25) is 0 Å². The summed E-state index contributed by atoms with van der Waals surface area (Å²) in [4.78, 5) is 10.2. The monoisotopic (exact) mass is 295 g/mol. The summed E-state index contributed by atoms with van der Waals surface area (Å²) in [6, 6.07) is 17.9. The fourth-order valence-corrected chi connectivity index (χ4v) is 3.46. The number of fused-ring (bicyclic) bond motifs is 2. The van der Waals surface area contributed by atoms with E-state index in [1.165, 1.54) is 11.3 Å². The number of hydrogen-bond acceptors (Lipinski definition) is 4. The number of para-hydroxylation sites is 3. The number of thiazole rings is 1. The predicted octanol–water partition coefficient (Wildman–Crippen LogP) is 4.36. The Morgan fingerprint density at radius 1 is 0.850 bits per heavy atom. The molecule has 0 aliphatic heterocycles. The Balaban J connectivity index is 2.13. The first-order valence-corrected chi connectivity index (χ1v) is 7.39. The molecule has 2 heterocycles. The highest BCUT2D eigenvalue weighted by atomic mass is 32.1. The van der Waals surface area contributed by atoms with E-state index >= 15 is 0 Å². The van der Waals surface area contributed by atoms with Crippen LogP contribution in [0.4, 0.5) is 0 Å². The van der Waals surface area contributed by atoms with Gasteiger partial charge in [-0.25, -0.2) is 9.97 Å². The molecule has 0 radical (unpaired) electrons. The van der Waals surface area contributed by atoms with Crippen LogP contribution in [-0.4, -0.2) is 14.5 Å². The molecule has 0 spiro atoms. The lowest BCUT2D eigenvalue weighted by Gasteiger charge is -2.04. The first kappa shape index (κ1) is 11.7. The standard InChI is InChI=1S/C15H9N3S2/c19-15-18(10-6-2-1-3-7-10)13-14(20-15)17-12-9-5-4-8-11(12)16-13/h1-9H. The van der Waals surface area contributed by atoms with Crippen LogP contribution in [0.1, 0.15) is 0 Å². The van der Waals surface area contributed by atoms with Gasteiger partial charge in [0.2, 0.25) is 0 Å². The molecule has 5 heteroatoms. The Morgan fingerprint density at radius 2 is 1.50 bits per heavy atom. The summed E-state index contributed by atoms with van der Waals surface area (Å²) in [6.07, 6.45) is 0. The molecule has 0 N–H and O–H groups in total. The molecule has 0 unspecified atom stereocenters. The van der Waals surface area contributed by atoms with Crippen molar-refractivity contribution in [3.8, 4) is 5.69 Å². The molecule has 4 rings (SSSR count). The van der Waals surface area contributed by atoms with Crippen molar-refractivity contribution in [1.82, 2.24) is 14.5 Å². The van der Waals surface area contributed by atoms with E-state index in [2.05, 4.69) is 4.98 Å². The lowest BCUT2D eigenvalue weighted by molar-refractivity contribution is 1.09. The van der Waals surface area contributed by atoms with Crippen molar-refractivity contribution in [1.29, 1.82) is 0 Å². The highest BCUT2D eigenvalue weighted by Gasteiger charge is 2.10. The van der Waals surface area contributed by atoms with Gasteiger partial charge in [0, 0.05) is 5.69 Å². The van der Waals surface area contributed by atoms with Gasteiger partial charge in [0.25, 0.3) is 0 Å². The number of aromatic nitrogens is 3. The third-order valence-electron chi connectivity index (χ3n) is 3.11. The third kappa shape index (κ3) is 1.75. The zero-order valence-electron chi connectivity index (χ0n) is 10.4. The van der Waals surface area contributed by atoms with Crippen molar-refractivity contribution in [2.45, 2.75) is 0 Å². The molecule has 0 fully saturated rings. The SMILES string of the molecule is S=c1sc2nc3ccccc3nc2n1-c1ccccc1. The van der Waals surface area contributed by atoms with Crippen LogP contribution in [0.5, 0.6) is 0 Å². The molecule has 96 valence electrons. The second-order valence-electron chi connectivity index (χ2n) is 4.38. The van der Waals surface area contributed by atoms with E-state index in [1.807, 2.05) is 59.2 Å². The van der Waals surface area contributed by atoms with Gasteiger partial charge in [-0.3, -0.25) is 4.57 Å². The number of nitrogens with zero attached hydrogens (tertiary/aromatic N) is 3. The van der Waals surface area contributed by atoms with Gasteiger partial charge in [0.15, 0.2) is 14.4 Å². The summed E-state index contributed by atoms with van der Waals surface area (Å²) in [6.45, 7) is 0. The zero-order valence-corrected chi connectivity index (χ0v) is 12.0. The van der Waals surface area contributed by atoms with Crippen molar-refractivity contribution in [2.75, 3.05) is 0 Å². The second kappa shape index (κ2) is 4.47. The third-order valence-corrected chi connectivity index (χ3v) is 4.37. The van der Waals surface area contributed by atoms with Gasteiger partial charge in [-0.1, -0.05) is 41.7 Å². The molecule has 0 atom stereocenters. The summed E-state index contributed by atoms with van der Waals surface area (Å²) in [7, 11) is 0. The molecule has 2 aromatic carbocycles. The summed E-state index contributed by atoms with van der Waals surface area (Å²) >= 11 is 6.97. The quantitative estimate of drug-likeness (QED) is 0.489. The minimum absolute atomic E-state index is 0.765. The van der Waals surface area contributed by atoms with E-state index in [-0.39, 0.29) is 0 Å². The smallest absolute Gasteiger partial charge is 0.176 e. The molecular weight excluding hydrogens is 286 g/mol. The van der Waals surface area contributed by atoms with E-state index < -0.39 is 0 Å². The van der Waals surface area contributed by atoms with Gasteiger partial charge < -0.3 is 0 Å². The van der Waals surface area contributed by atoms with Gasteiger partial charge in [-0.2, -0.15) is 0 Å². The fraction of sp³-hybridized carbons (Fsp3) is 0. The summed E-state index contributed by atoms with van der Waals surface area (Å²) in [5, 5.41) is 0. The van der Waals surface area contributed by atoms with Crippen LogP contribution in [0.15, 0.2) is 54.6 Å². The summed E-state index contributed by atoms with van der Waals surface area (Å²) in [5.74, 6) is 0.